The van der Waals surface area contributed by atoms with E-state index in [4.69, 9.17) is 0 Å². The van der Waals surface area contributed by atoms with Crippen LogP contribution in [0.25, 0.3) is 0 Å². The van der Waals surface area contributed by atoms with Crippen molar-refractivity contribution in [2.24, 2.45) is 0 Å². The minimum Gasteiger partial charge on any atom is -0.371 e. The molecule has 1 saturated heterocycles. The first kappa shape index (κ1) is 17.5. The maximum absolute atomic E-state index is 13.5. The smallest absolute Gasteiger partial charge is 0.206 e. The van der Waals surface area contributed by atoms with Gasteiger partial charge in [-0.15, -0.1) is 0 Å². The van der Waals surface area contributed by atoms with Crippen molar-refractivity contribution in [1.29, 1.82) is 0 Å². The van der Waals surface area contributed by atoms with Crippen LogP contribution in [0.3, 0.4) is 0 Å². The minimum absolute atomic E-state index is 0.00347. The molecule has 1 fully saturated rings. The molecule has 2 heterocycles. The number of nitrogens with one attached hydrogen (secondary N) is 1. The molecule has 0 bridgehead atoms. The Hall–Kier alpha value is -1.92. The molecule has 0 aromatic heterocycles. The van der Waals surface area contributed by atoms with Gasteiger partial charge in [-0.2, -0.15) is 0 Å². The largest absolute Gasteiger partial charge is 0.371 e. The van der Waals surface area contributed by atoms with Crippen LogP contribution in [0.5, 0.6) is 0 Å². The van der Waals surface area contributed by atoms with E-state index in [2.05, 4.69) is 24.2 Å². The number of sulfone groups is 1. The van der Waals surface area contributed by atoms with Gasteiger partial charge >= 0.3 is 0 Å². The van der Waals surface area contributed by atoms with Crippen molar-refractivity contribution in [3.05, 3.63) is 53.8 Å². The molecule has 2 aromatic carbocycles. The molecule has 2 aliphatic heterocycles. The van der Waals surface area contributed by atoms with Crippen LogP contribution >= 0.6 is 0 Å². The molecule has 0 radical (unpaired) electrons. The lowest BCUT2D eigenvalue weighted by Gasteiger charge is -2.25. The van der Waals surface area contributed by atoms with E-state index in [1.807, 2.05) is 6.07 Å². The number of likely N-dealkylation sites (N-methyl/N-ethyl adjacent to an activating group) is 1. The zero-order valence-corrected chi connectivity index (χ0v) is 15.8. The highest BCUT2D eigenvalue weighted by atomic mass is 32.2. The average Bonchev–Trinajstić information content (AvgIpc) is 2.76. The summed E-state index contributed by atoms with van der Waals surface area (Å²) < 4.78 is 39.4. The summed E-state index contributed by atoms with van der Waals surface area (Å²) >= 11 is 0. The normalized spacial score (nSPS) is 25.5. The van der Waals surface area contributed by atoms with Gasteiger partial charge in [-0.3, -0.25) is 0 Å². The fourth-order valence-electron chi connectivity index (χ4n) is 4.36. The van der Waals surface area contributed by atoms with E-state index < -0.39 is 15.7 Å². The van der Waals surface area contributed by atoms with E-state index in [1.165, 1.54) is 18.2 Å². The van der Waals surface area contributed by atoms with Gasteiger partial charge in [0.2, 0.25) is 9.84 Å². The Morgan fingerprint density at radius 3 is 2.69 bits per heavy atom. The van der Waals surface area contributed by atoms with Crippen molar-refractivity contribution in [1.82, 2.24) is 5.32 Å². The first-order valence-electron chi connectivity index (χ1n) is 8.99. The molecule has 1 unspecified atom stereocenters. The molecule has 26 heavy (non-hydrogen) atoms. The summed E-state index contributed by atoms with van der Waals surface area (Å²) in [4.78, 5) is 2.51. The molecule has 2 aromatic rings. The Kier molecular flexibility index (Phi) is 4.28. The zero-order chi connectivity index (χ0) is 18.5. The Morgan fingerprint density at radius 1 is 1.15 bits per heavy atom. The Balaban J connectivity index is 1.78. The standard InChI is InChI=1S/C20H23FN2O2S/c1-13-10-17-18-12-16(26(24,25)15-5-3-4-14(21)11-15)6-7-19(18)23(2)20(17)8-9-22-13/h3-7,11-13,17,20,22H,8-10H2,1-2H3/t13?,17-,20+/m1/s1. The van der Waals surface area contributed by atoms with Gasteiger partial charge in [-0.25, -0.2) is 12.8 Å². The molecule has 138 valence electrons. The number of fused-ring (bicyclic) bond motifs is 3. The number of nitrogens with zero attached hydrogens (tertiary/aromatic N) is 1. The number of halogens is 1. The van der Waals surface area contributed by atoms with E-state index in [0.29, 0.717) is 18.0 Å². The summed E-state index contributed by atoms with van der Waals surface area (Å²) in [5.41, 5.74) is 2.19. The van der Waals surface area contributed by atoms with E-state index in [-0.39, 0.29) is 9.79 Å². The number of hydrogen-bond acceptors (Lipinski definition) is 4. The third-order valence-corrected chi connectivity index (χ3v) is 7.45. The molecule has 3 atom stereocenters. The summed E-state index contributed by atoms with van der Waals surface area (Å²) in [6.45, 7) is 3.14. The molecule has 4 nitrogen and oxygen atoms in total. The molecule has 0 aliphatic carbocycles. The SMILES string of the molecule is CC1C[C@@H]2c3cc(S(=O)(=O)c4cccc(F)c4)ccc3N(C)[C@H]2CCN1. The van der Waals surface area contributed by atoms with Crippen molar-refractivity contribution < 1.29 is 12.8 Å². The lowest BCUT2D eigenvalue weighted by Crippen LogP contribution is -2.31. The summed E-state index contributed by atoms with van der Waals surface area (Å²) in [5.74, 6) is -0.238. The zero-order valence-electron chi connectivity index (χ0n) is 14.9. The quantitative estimate of drug-likeness (QED) is 0.876. The maximum Gasteiger partial charge on any atom is 0.206 e. The first-order valence-corrected chi connectivity index (χ1v) is 10.5. The lowest BCUT2D eigenvalue weighted by molar-refractivity contribution is 0.496. The van der Waals surface area contributed by atoms with E-state index in [9.17, 15) is 12.8 Å². The monoisotopic (exact) mass is 374 g/mol. The average molecular weight is 374 g/mol. The van der Waals surface area contributed by atoms with Gasteiger partial charge < -0.3 is 10.2 Å². The molecular formula is C20H23FN2O2S. The highest BCUT2D eigenvalue weighted by Gasteiger charge is 2.39. The van der Waals surface area contributed by atoms with Crippen LogP contribution in [0.1, 0.15) is 31.2 Å². The number of rotatable bonds is 2. The Bertz CT molecular complexity index is 945. The van der Waals surface area contributed by atoms with Gasteiger partial charge in [0, 0.05) is 30.7 Å². The second-order valence-corrected chi connectivity index (χ2v) is 9.30. The van der Waals surface area contributed by atoms with Crippen molar-refractivity contribution in [2.45, 2.75) is 47.6 Å². The fraction of sp³-hybridized carbons (Fsp3) is 0.400. The van der Waals surface area contributed by atoms with Gasteiger partial charge in [-0.05, 0) is 68.3 Å². The van der Waals surface area contributed by atoms with Crippen molar-refractivity contribution in [2.75, 3.05) is 18.5 Å². The van der Waals surface area contributed by atoms with Gasteiger partial charge in [0.05, 0.1) is 9.79 Å². The Morgan fingerprint density at radius 2 is 1.92 bits per heavy atom. The van der Waals surface area contributed by atoms with E-state index >= 15 is 0 Å². The van der Waals surface area contributed by atoms with Crippen LogP contribution in [-0.2, 0) is 9.84 Å². The van der Waals surface area contributed by atoms with Crippen LogP contribution in [-0.4, -0.2) is 34.1 Å². The van der Waals surface area contributed by atoms with Crippen molar-refractivity contribution >= 4 is 15.5 Å². The fourth-order valence-corrected chi connectivity index (χ4v) is 5.69. The predicted molar refractivity (Wildman–Crippen MR) is 99.9 cm³/mol. The Labute approximate surface area is 153 Å². The van der Waals surface area contributed by atoms with E-state index in [1.54, 1.807) is 12.1 Å². The summed E-state index contributed by atoms with van der Waals surface area (Å²) in [5, 5.41) is 3.51. The highest BCUT2D eigenvalue weighted by Crippen LogP contribution is 2.45. The number of benzene rings is 2. The van der Waals surface area contributed by atoms with Crippen molar-refractivity contribution in [3.8, 4) is 0 Å². The van der Waals surface area contributed by atoms with E-state index in [0.717, 1.165) is 36.7 Å². The molecule has 0 saturated carbocycles. The first-order chi connectivity index (χ1) is 12.4. The highest BCUT2D eigenvalue weighted by molar-refractivity contribution is 7.91. The van der Waals surface area contributed by atoms with Crippen LogP contribution in [0.15, 0.2) is 52.3 Å². The third kappa shape index (κ3) is 2.81. The molecule has 1 N–H and O–H groups in total. The molecule has 6 heteroatoms. The van der Waals surface area contributed by atoms with Gasteiger partial charge in [0.15, 0.2) is 0 Å². The lowest BCUT2D eigenvalue weighted by atomic mass is 9.89. The molecule has 0 amide bonds. The van der Waals surface area contributed by atoms with Crippen LogP contribution in [0, 0.1) is 5.82 Å². The second kappa shape index (κ2) is 6.35. The minimum atomic E-state index is -3.74. The number of hydrogen-bond donors (Lipinski definition) is 1. The number of anilines is 1. The summed E-state index contributed by atoms with van der Waals surface area (Å²) in [6, 6.07) is 11.3. The van der Waals surface area contributed by atoms with Gasteiger partial charge in [-0.1, -0.05) is 6.07 Å². The van der Waals surface area contributed by atoms with Gasteiger partial charge in [0.25, 0.3) is 0 Å². The van der Waals surface area contributed by atoms with Gasteiger partial charge in [0.1, 0.15) is 5.82 Å². The topological polar surface area (TPSA) is 49.4 Å². The summed E-state index contributed by atoms with van der Waals surface area (Å²) in [6.07, 6.45) is 2.01. The summed E-state index contributed by atoms with van der Waals surface area (Å²) in [7, 11) is -1.65. The molecule has 0 spiro atoms. The molecule has 4 rings (SSSR count). The molecular weight excluding hydrogens is 351 g/mol. The second-order valence-electron chi connectivity index (χ2n) is 7.35. The molecule has 2 aliphatic rings. The van der Waals surface area contributed by atoms with Crippen molar-refractivity contribution in [3.63, 3.8) is 0 Å². The van der Waals surface area contributed by atoms with Crippen LogP contribution in [0.2, 0.25) is 0 Å². The van der Waals surface area contributed by atoms with Crippen LogP contribution in [0.4, 0.5) is 10.1 Å². The van der Waals surface area contributed by atoms with Crippen LogP contribution < -0.4 is 10.2 Å². The maximum atomic E-state index is 13.5. The predicted octanol–water partition coefficient (Wildman–Crippen LogP) is 3.33. The third-order valence-electron chi connectivity index (χ3n) is 5.70.